The Morgan fingerprint density at radius 1 is 1.12 bits per heavy atom. The summed E-state index contributed by atoms with van der Waals surface area (Å²) in [7, 11) is 1.74. The number of halogens is 2. The van der Waals surface area contributed by atoms with Gasteiger partial charge < -0.3 is 13.8 Å². The second kappa shape index (κ2) is 9.47. The third-order valence-electron chi connectivity index (χ3n) is 5.57. The molecule has 174 valence electrons. The first kappa shape index (κ1) is 22.6. The molecular formula is C22H24F2N6O3. The molecule has 0 radical (unpaired) electrons. The average molecular weight is 458 g/mol. The van der Waals surface area contributed by atoms with E-state index in [0.29, 0.717) is 28.8 Å². The van der Waals surface area contributed by atoms with Gasteiger partial charge in [0.1, 0.15) is 18.6 Å². The van der Waals surface area contributed by atoms with E-state index in [4.69, 9.17) is 4.52 Å². The lowest BCUT2D eigenvalue weighted by molar-refractivity contribution is -0.0498. The third kappa shape index (κ3) is 4.62. The summed E-state index contributed by atoms with van der Waals surface area (Å²) in [5.74, 6) is 1.52. The molecule has 1 aliphatic carbocycles. The van der Waals surface area contributed by atoms with Crippen molar-refractivity contribution in [3.8, 4) is 5.75 Å². The molecule has 11 heteroatoms. The van der Waals surface area contributed by atoms with Gasteiger partial charge in [-0.3, -0.25) is 9.36 Å². The Morgan fingerprint density at radius 3 is 2.52 bits per heavy atom. The molecule has 3 aromatic heterocycles. The van der Waals surface area contributed by atoms with Crippen molar-refractivity contribution in [2.75, 3.05) is 0 Å². The van der Waals surface area contributed by atoms with Gasteiger partial charge in [-0.1, -0.05) is 31.1 Å². The van der Waals surface area contributed by atoms with Crippen LogP contribution >= 0.6 is 0 Å². The van der Waals surface area contributed by atoms with Crippen molar-refractivity contribution in [2.24, 2.45) is 7.05 Å². The van der Waals surface area contributed by atoms with E-state index in [-0.39, 0.29) is 23.8 Å². The van der Waals surface area contributed by atoms with Crippen LogP contribution in [0, 0.1) is 0 Å². The molecule has 0 amide bonds. The van der Waals surface area contributed by atoms with Gasteiger partial charge in [0, 0.05) is 13.0 Å². The summed E-state index contributed by atoms with van der Waals surface area (Å²) in [4.78, 5) is 25.3. The van der Waals surface area contributed by atoms with Crippen molar-refractivity contribution in [3.63, 3.8) is 0 Å². The molecule has 0 saturated heterocycles. The summed E-state index contributed by atoms with van der Waals surface area (Å²) >= 11 is 0. The Morgan fingerprint density at radius 2 is 1.82 bits per heavy atom. The molecule has 0 aliphatic heterocycles. The Labute approximate surface area is 188 Å². The quantitative estimate of drug-likeness (QED) is 0.433. The van der Waals surface area contributed by atoms with Gasteiger partial charge in [-0.25, -0.2) is 9.97 Å². The fourth-order valence-corrected chi connectivity index (χ4v) is 3.85. The molecule has 1 fully saturated rings. The smallest absolute Gasteiger partial charge is 0.387 e. The molecule has 5 rings (SSSR count). The maximum absolute atomic E-state index is 12.6. The highest BCUT2D eigenvalue weighted by Gasteiger charge is 2.34. The van der Waals surface area contributed by atoms with Crippen LogP contribution < -0.4 is 10.3 Å². The number of alkyl halides is 2. The monoisotopic (exact) mass is 458 g/mol. The number of benzene rings is 1. The summed E-state index contributed by atoms with van der Waals surface area (Å²) < 4.78 is 37.3. The predicted molar refractivity (Wildman–Crippen MR) is 115 cm³/mol. The van der Waals surface area contributed by atoms with Crippen LogP contribution in [0.4, 0.5) is 8.78 Å². The standard InChI is InChI=1S/C20H18F2N6O3.C2H6/c1-27-9-23-18-16(27)19(29)28(10-24-18)8-15-25-17(26-31-15)13-6-12(7-13)11-2-4-14(5-3-11)30-20(21)22;1-2/h2-5,9-10,12-13,20H,6-8H2,1H3;1-2H3. The molecule has 3 heterocycles. The second-order valence-corrected chi connectivity index (χ2v) is 7.56. The molecule has 1 saturated carbocycles. The molecule has 0 spiro atoms. The number of hydrogen-bond donors (Lipinski definition) is 0. The zero-order valence-electron chi connectivity index (χ0n) is 18.5. The molecule has 33 heavy (non-hydrogen) atoms. The molecule has 0 N–H and O–H groups in total. The highest BCUT2D eigenvalue weighted by atomic mass is 19.3. The highest BCUT2D eigenvalue weighted by Crippen LogP contribution is 2.46. The number of ether oxygens (including phenoxy) is 1. The van der Waals surface area contributed by atoms with Crippen LogP contribution in [0.15, 0.2) is 46.2 Å². The first-order chi connectivity index (χ1) is 16.0. The molecule has 1 aromatic carbocycles. The van der Waals surface area contributed by atoms with Gasteiger partial charge in [0.25, 0.3) is 5.56 Å². The third-order valence-corrected chi connectivity index (χ3v) is 5.57. The van der Waals surface area contributed by atoms with Crippen molar-refractivity contribution in [1.29, 1.82) is 0 Å². The Balaban J connectivity index is 0.00000126. The van der Waals surface area contributed by atoms with Crippen molar-refractivity contribution < 1.29 is 18.0 Å². The summed E-state index contributed by atoms with van der Waals surface area (Å²) in [6.07, 6.45) is 4.62. The number of aromatic nitrogens is 6. The van der Waals surface area contributed by atoms with Crippen LogP contribution in [0.25, 0.3) is 11.2 Å². The van der Waals surface area contributed by atoms with Gasteiger partial charge in [0.15, 0.2) is 17.0 Å². The van der Waals surface area contributed by atoms with Crippen LogP contribution in [0.1, 0.15) is 55.8 Å². The minimum absolute atomic E-state index is 0.127. The van der Waals surface area contributed by atoms with Crippen LogP contribution in [0.5, 0.6) is 5.75 Å². The fourth-order valence-electron chi connectivity index (χ4n) is 3.85. The maximum Gasteiger partial charge on any atom is 0.387 e. The van der Waals surface area contributed by atoms with E-state index >= 15 is 0 Å². The van der Waals surface area contributed by atoms with E-state index < -0.39 is 6.61 Å². The molecule has 0 atom stereocenters. The minimum atomic E-state index is -2.83. The average Bonchev–Trinajstić information content (AvgIpc) is 3.38. The zero-order valence-corrected chi connectivity index (χ0v) is 18.5. The Bertz CT molecular complexity index is 1280. The van der Waals surface area contributed by atoms with Crippen LogP contribution in [-0.2, 0) is 13.6 Å². The van der Waals surface area contributed by atoms with Crippen LogP contribution in [0.2, 0.25) is 0 Å². The number of hydrogen-bond acceptors (Lipinski definition) is 7. The van der Waals surface area contributed by atoms with E-state index in [1.165, 1.54) is 10.9 Å². The lowest BCUT2D eigenvalue weighted by atomic mass is 9.71. The van der Waals surface area contributed by atoms with E-state index in [1.807, 2.05) is 13.8 Å². The normalized spacial score (nSPS) is 17.5. The molecule has 1 aliphatic rings. The minimum Gasteiger partial charge on any atom is -0.435 e. The van der Waals surface area contributed by atoms with Crippen molar-refractivity contribution in [3.05, 3.63) is 64.6 Å². The van der Waals surface area contributed by atoms with Gasteiger partial charge in [0.05, 0.1) is 6.33 Å². The number of rotatable bonds is 6. The van der Waals surface area contributed by atoms with Crippen molar-refractivity contribution >= 4 is 11.2 Å². The first-order valence-electron chi connectivity index (χ1n) is 10.7. The topological polar surface area (TPSA) is 101 Å². The van der Waals surface area contributed by atoms with E-state index in [2.05, 4.69) is 24.8 Å². The van der Waals surface area contributed by atoms with Gasteiger partial charge in [-0.2, -0.15) is 13.8 Å². The van der Waals surface area contributed by atoms with E-state index in [0.717, 1.165) is 18.4 Å². The van der Waals surface area contributed by atoms with Gasteiger partial charge in [-0.15, -0.1) is 0 Å². The van der Waals surface area contributed by atoms with Crippen LogP contribution in [0.3, 0.4) is 0 Å². The second-order valence-electron chi connectivity index (χ2n) is 7.56. The largest absolute Gasteiger partial charge is 0.435 e. The van der Waals surface area contributed by atoms with Gasteiger partial charge >= 0.3 is 6.61 Å². The summed E-state index contributed by atoms with van der Waals surface area (Å²) in [6.45, 7) is 1.30. The summed E-state index contributed by atoms with van der Waals surface area (Å²) in [5.41, 5.74) is 1.63. The summed E-state index contributed by atoms with van der Waals surface area (Å²) in [6, 6.07) is 6.70. The number of fused-ring (bicyclic) bond motifs is 1. The SMILES string of the molecule is CC.Cn1cnc2ncn(Cc3nc(C4CC(c5ccc(OC(F)F)cc5)C4)no3)c(=O)c21. The highest BCUT2D eigenvalue weighted by molar-refractivity contribution is 5.68. The van der Waals surface area contributed by atoms with Gasteiger partial charge in [0.2, 0.25) is 5.89 Å². The Kier molecular flexibility index (Phi) is 6.47. The van der Waals surface area contributed by atoms with Crippen molar-refractivity contribution in [1.82, 2.24) is 29.2 Å². The van der Waals surface area contributed by atoms with Gasteiger partial charge in [-0.05, 0) is 36.5 Å². The first-order valence-corrected chi connectivity index (χ1v) is 10.7. The molecular weight excluding hydrogens is 434 g/mol. The van der Waals surface area contributed by atoms with E-state index in [9.17, 15) is 13.6 Å². The van der Waals surface area contributed by atoms with Crippen molar-refractivity contribution in [2.45, 2.75) is 51.7 Å². The fraction of sp³-hybridized carbons (Fsp3) is 0.409. The number of aryl methyl sites for hydroxylation is 1. The Hall–Kier alpha value is -3.63. The zero-order chi connectivity index (χ0) is 23.5. The van der Waals surface area contributed by atoms with Crippen LogP contribution in [-0.4, -0.2) is 35.9 Å². The summed E-state index contributed by atoms with van der Waals surface area (Å²) in [5, 5.41) is 4.07. The lowest BCUT2D eigenvalue weighted by Gasteiger charge is -2.33. The molecule has 0 bridgehead atoms. The number of nitrogens with zero attached hydrogens (tertiary/aromatic N) is 6. The lowest BCUT2D eigenvalue weighted by Crippen LogP contribution is -2.23. The number of imidazole rings is 1. The molecule has 9 nitrogen and oxygen atoms in total. The predicted octanol–water partition coefficient (Wildman–Crippen LogP) is 3.85. The van der Waals surface area contributed by atoms with E-state index in [1.54, 1.807) is 42.2 Å². The molecule has 0 unspecified atom stereocenters. The molecule has 4 aromatic rings. The maximum atomic E-state index is 12.6.